The molecule has 0 atom stereocenters. The second kappa shape index (κ2) is 4.92. The zero-order chi connectivity index (χ0) is 12.3. The molecule has 0 amide bonds. The fraction of sp³-hybridized carbons (Fsp3) is 0.182. The molecule has 0 aromatic carbocycles. The average Bonchev–Trinajstić information content (AvgIpc) is 2.78. The first-order valence-electron chi connectivity index (χ1n) is 4.89. The molecule has 2 rings (SSSR count). The van der Waals surface area contributed by atoms with Gasteiger partial charge in [0.15, 0.2) is 0 Å². The third-order valence-electron chi connectivity index (χ3n) is 2.11. The lowest BCUT2D eigenvalue weighted by Crippen LogP contribution is -2.05. The smallest absolute Gasteiger partial charge is 0.339 e. The van der Waals surface area contributed by atoms with E-state index in [1.54, 1.807) is 18.3 Å². The van der Waals surface area contributed by atoms with E-state index in [1.807, 2.05) is 17.5 Å². The SMILES string of the molecule is Cc1nc(OCc2cccs2)ncc1C(=O)O. The Morgan fingerprint density at radius 3 is 3.00 bits per heavy atom. The normalized spacial score (nSPS) is 10.2. The summed E-state index contributed by atoms with van der Waals surface area (Å²) in [4.78, 5) is 19.7. The van der Waals surface area contributed by atoms with Crippen molar-refractivity contribution in [2.75, 3.05) is 0 Å². The molecule has 0 unspecified atom stereocenters. The lowest BCUT2D eigenvalue weighted by Gasteiger charge is -2.04. The van der Waals surface area contributed by atoms with Crippen LogP contribution in [0.1, 0.15) is 20.9 Å². The number of carbonyl (C=O) groups is 1. The van der Waals surface area contributed by atoms with Crippen LogP contribution in [-0.4, -0.2) is 21.0 Å². The van der Waals surface area contributed by atoms with Gasteiger partial charge in [0.05, 0.1) is 11.3 Å². The number of thiophene rings is 1. The Hall–Kier alpha value is -1.95. The summed E-state index contributed by atoms with van der Waals surface area (Å²) in [5, 5.41) is 10.8. The lowest BCUT2D eigenvalue weighted by molar-refractivity contribution is 0.0695. The molecule has 0 aliphatic carbocycles. The molecule has 1 N–H and O–H groups in total. The number of hydrogen-bond acceptors (Lipinski definition) is 5. The van der Waals surface area contributed by atoms with Gasteiger partial charge in [0.1, 0.15) is 6.61 Å². The summed E-state index contributed by atoms with van der Waals surface area (Å²) in [7, 11) is 0. The van der Waals surface area contributed by atoms with Gasteiger partial charge in [-0.05, 0) is 18.4 Å². The van der Waals surface area contributed by atoms with E-state index in [1.165, 1.54) is 6.20 Å². The second-order valence-electron chi connectivity index (χ2n) is 3.32. The van der Waals surface area contributed by atoms with E-state index in [9.17, 15) is 4.79 Å². The largest absolute Gasteiger partial charge is 0.478 e. The molecule has 17 heavy (non-hydrogen) atoms. The Labute approximate surface area is 102 Å². The zero-order valence-electron chi connectivity index (χ0n) is 9.08. The molecule has 0 fully saturated rings. The Balaban J connectivity index is 2.07. The monoisotopic (exact) mass is 250 g/mol. The number of hydrogen-bond donors (Lipinski definition) is 1. The van der Waals surface area contributed by atoms with Crippen LogP contribution in [0.2, 0.25) is 0 Å². The standard InChI is InChI=1S/C11H10N2O3S/c1-7-9(10(14)15)5-12-11(13-7)16-6-8-3-2-4-17-8/h2-5H,6H2,1H3,(H,14,15). The highest BCUT2D eigenvalue weighted by Gasteiger charge is 2.10. The van der Waals surface area contributed by atoms with Gasteiger partial charge in [0.25, 0.3) is 0 Å². The minimum absolute atomic E-state index is 0.0912. The maximum Gasteiger partial charge on any atom is 0.339 e. The number of ether oxygens (including phenoxy) is 1. The molecule has 0 spiro atoms. The number of aromatic carboxylic acids is 1. The summed E-state index contributed by atoms with van der Waals surface area (Å²) in [5.41, 5.74) is 0.488. The topological polar surface area (TPSA) is 72.3 Å². The molecule has 0 saturated heterocycles. The fourth-order valence-electron chi connectivity index (χ4n) is 1.26. The maximum atomic E-state index is 10.8. The summed E-state index contributed by atoms with van der Waals surface area (Å²) < 4.78 is 5.36. The Bertz CT molecular complexity index is 526. The molecule has 2 aromatic heterocycles. The molecule has 6 heteroatoms. The minimum Gasteiger partial charge on any atom is -0.478 e. The third kappa shape index (κ3) is 2.79. The molecule has 2 aromatic rings. The van der Waals surface area contributed by atoms with E-state index in [4.69, 9.17) is 9.84 Å². The van der Waals surface area contributed by atoms with Gasteiger partial charge in [-0.2, -0.15) is 4.98 Å². The van der Waals surface area contributed by atoms with Crippen LogP contribution < -0.4 is 4.74 Å². The molecule has 0 radical (unpaired) electrons. The van der Waals surface area contributed by atoms with E-state index < -0.39 is 5.97 Å². The van der Waals surface area contributed by atoms with Crippen molar-refractivity contribution in [3.8, 4) is 6.01 Å². The van der Waals surface area contributed by atoms with E-state index in [0.717, 1.165) is 4.88 Å². The molecule has 88 valence electrons. The molecular formula is C11H10N2O3S. The van der Waals surface area contributed by atoms with Crippen molar-refractivity contribution in [2.45, 2.75) is 13.5 Å². The quantitative estimate of drug-likeness (QED) is 0.899. The molecule has 5 nitrogen and oxygen atoms in total. The van der Waals surface area contributed by atoms with Crippen molar-refractivity contribution in [2.24, 2.45) is 0 Å². The molecule has 0 saturated carbocycles. The number of rotatable bonds is 4. The molecule has 0 bridgehead atoms. The van der Waals surface area contributed by atoms with Gasteiger partial charge in [-0.1, -0.05) is 6.07 Å². The molecule has 0 aliphatic rings. The Kier molecular flexibility index (Phi) is 3.34. The first kappa shape index (κ1) is 11.5. The van der Waals surface area contributed by atoms with Crippen molar-refractivity contribution >= 4 is 17.3 Å². The van der Waals surface area contributed by atoms with E-state index in [2.05, 4.69) is 9.97 Å². The number of aryl methyl sites for hydroxylation is 1. The van der Waals surface area contributed by atoms with Crippen molar-refractivity contribution in [1.29, 1.82) is 0 Å². The lowest BCUT2D eigenvalue weighted by atomic mass is 10.2. The number of carboxylic acids is 1. The van der Waals surface area contributed by atoms with Crippen molar-refractivity contribution in [3.05, 3.63) is 39.8 Å². The molecule has 0 aliphatic heterocycles. The fourth-order valence-corrected chi connectivity index (χ4v) is 1.87. The van der Waals surface area contributed by atoms with Gasteiger partial charge in [-0.3, -0.25) is 0 Å². The average molecular weight is 250 g/mol. The zero-order valence-corrected chi connectivity index (χ0v) is 9.90. The highest BCUT2D eigenvalue weighted by atomic mass is 32.1. The third-order valence-corrected chi connectivity index (χ3v) is 2.96. The Morgan fingerprint density at radius 1 is 1.59 bits per heavy atom. The number of aromatic nitrogens is 2. The van der Waals surface area contributed by atoms with Crippen LogP contribution in [0.3, 0.4) is 0 Å². The minimum atomic E-state index is -1.03. The van der Waals surface area contributed by atoms with Gasteiger partial charge in [-0.15, -0.1) is 11.3 Å². The van der Waals surface area contributed by atoms with Crippen LogP contribution in [-0.2, 0) is 6.61 Å². The number of carboxylic acid groups (broad SMARTS) is 1. The first-order valence-corrected chi connectivity index (χ1v) is 5.77. The van der Waals surface area contributed by atoms with Gasteiger partial charge < -0.3 is 9.84 Å². The maximum absolute atomic E-state index is 10.8. The molecular weight excluding hydrogens is 240 g/mol. The van der Waals surface area contributed by atoms with Crippen LogP contribution in [0.4, 0.5) is 0 Å². The predicted octanol–water partition coefficient (Wildman–Crippen LogP) is 2.12. The van der Waals surface area contributed by atoms with Gasteiger partial charge in [0, 0.05) is 11.1 Å². The predicted molar refractivity (Wildman–Crippen MR) is 62.4 cm³/mol. The summed E-state index contributed by atoms with van der Waals surface area (Å²) in [6.45, 7) is 2.01. The van der Waals surface area contributed by atoms with Gasteiger partial charge >= 0.3 is 12.0 Å². The summed E-state index contributed by atoms with van der Waals surface area (Å²) in [6, 6.07) is 4.08. The first-order chi connectivity index (χ1) is 8.16. The Morgan fingerprint density at radius 2 is 2.41 bits per heavy atom. The van der Waals surface area contributed by atoms with Crippen LogP contribution in [0, 0.1) is 6.92 Å². The van der Waals surface area contributed by atoms with Crippen LogP contribution in [0.15, 0.2) is 23.7 Å². The van der Waals surface area contributed by atoms with Crippen LogP contribution in [0.25, 0.3) is 0 Å². The second-order valence-corrected chi connectivity index (χ2v) is 4.36. The van der Waals surface area contributed by atoms with Gasteiger partial charge in [0.2, 0.25) is 0 Å². The summed E-state index contributed by atoms with van der Waals surface area (Å²) in [5.74, 6) is -1.03. The molecule has 2 heterocycles. The van der Waals surface area contributed by atoms with Crippen LogP contribution >= 0.6 is 11.3 Å². The number of nitrogens with zero attached hydrogens (tertiary/aromatic N) is 2. The van der Waals surface area contributed by atoms with Gasteiger partial charge in [-0.25, -0.2) is 9.78 Å². The highest BCUT2D eigenvalue weighted by molar-refractivity contribution is 7.09. The van der Waals surface area contributed by atoms with Crippen molar-refractivity contribution in [3.63, 3.8) is 0 Å². The summed E-state index contributed by atoms with van der Waals surface area (Å²) in [6.07, 6.45) is 1.26. The van der Waals surface area contributed by atoms with Crippen molar-refractivity contribution < 1.29 is 14.6 Å². The van der Waals surface area contributed by atoms with E-state index in [0.29, 0.717) is 12.3 Å². The van der Waals surface area contributed by atoms with Crippen molar-refractivity contribution in [1.82, 2.24) is 9.97 Å². The van der Waals surface area contributed by atoms with Crippen LogP contribution in [0.5, 0.6) is 6.01 Å². The van der Waals surface area contributed by atoms with E-state index >= 15 is 0 Å². The highest BCUT2D eigenvalue weighted by Crippen LogP contribution is 2.13. The van der Waals surface area contributed by atoms with E-state index in [-0.39, 0.29) is 11.6 Å². The summed E-state index contributed by atoms with van der Waals surface area (Å²) >= 11 is 1.58.